The third-order valence-corrected chi connectivity index (χ3v) is 4.75. The van der Waals surface area contributed by atoms with Crippen molar-refractivity contribution in [2.24, 2.45) is 0 Å². The molecule has 6 nitrogen and oxygen atoms in total. The molecule has 29 heavy (non-hydrogen) atoms. The van der Waals surface area contributed by atoms with E-state index in [1.165, 1.54) is 14.0 Å². The highest BCUT2D eigenvalue weighted by Gasteiger charge is 2.16. The van der Waals surface area contributed by atoms with Gasteiger partial charge in [0, 0.05) is 29.1 Å². The van der Waals surface area contributed by atoms with Gasteiger partial charge in [0.05, 0.1) is 7.11 Å². The highest BCUT2D eigenvalue weighted by Crippen LogP contribution is 2.23. The summed E-state index contributed by atoms with van der Waals surface area (Å²) in [5, 5.41) is 9.45. The second-order valence-electron chi connectivity index (χ2n) is 6.81. The number of methoxy groups -OCH3 is 1. The number of hydrogen-bond acceptors (Lipinski definition) is 5. The summed E-state index contributed by atoms with van der Waals surface area (Å²) in [5.74, 6) is -0.309. The van der Waals surface area contributed by atoms with Crippen LogP contribution in [0.25, 0.3) is 6.08 Å². The molecule has 0 atom stereocenters. The zero-order valence-electron chi connectivity index (χ0n) is 17.5. The Kier molecular flexibility index (Phi) is 7.38. The topological polar surface area (TPSA) is 81.3 Å². The predicted octanol–water partition coefficient (Wildman–Crippen LogP) is 4.38. The number of carbonyl (C=O) groups excluding carboxylic acids is 2. The number of nitriles is 1. The molecule has 0 aliphatic heterocycles. The molecule has 0 N–H and O–H groups in total. The van der Waals surface area contributed by atoms with Gasteiger partial charge in [0.2, 0.25) is 0 Å². The molecule has 0 amide bonds. The Labute approximate surface area is 171 Å². The monoisotopic (exact) mass is 394 g/mol. The first-order valence-corrected chi connectivity index (χ1v) is 9.45. The Hall–Kier alpha value is -3.33. The molecule has 1 aromatic heterocycles. The first-order chi connectivity index (χ1) is 13.8. The highest BCUT2D eigenvalue weighted by molar-refractivity contribution is 5.98. The molecule has 152 valence electrons. The second-order valence-corrected chi connectivity index (χ2v) is 6.81. The maximum Gasteiger partial charge on any atom is 0.349 e. The van der Waals surface area contributed by atoms with Crippen molar-refractivity contribution < 1.29 is 19.1 Å². The van der Waals surface area contributed by atoms with Crippen LogP contribution < -0.4 is 4.74 Å². The van der Waals surface area contributed by atoms with Gasteiger partial charge in [-0.2, -0.15) is 5.26 Å². The minimum Gasteiger partial charge on any atom is -0.496 e. The quantitative estimate of drug-likeness (QED) is 0.287. The fourth-order valence-electron chi connectivity index (χ4n) is 3.17. The van der Waals surface area contributed by atoms with Crippen LogP contribution in [0.2, 0.25) is 0 Å². The van der Waals surface area contributed by atoms with E-state index >= 15 is 0 Å². The predicted molar refractivity (Wildman–Crippen MR) is 111 cm³/mol. The van der Waals surface area contributed by atoms with Gasteiger partial charge in [0.25, 0.3) is 0 Å². The molecular weight excluding hydrogens is 368 g/mol. The van der Waals surface area contributed by atoms with Crippen LogP contribution in [0.3, 0.4) is 0 Å². The van der Waals surface area contributed by atoms with Crippen molar-refractivity contribution in [3.63, 3.8) is 0 Å². The summed E-state index contributed by atoms with van der Waals surface area (Å²) in [4.78, 5) is 24.1. The van der Waals surface area contributed by atoms with Gasteiger partial charge < -0.3 is 14.0 Å². The van der Waals surface area contributed by atoms with Crippen LogP contribution in [0.1, 0.15) is 53.1 Å². The molecule has 0 saturated carbocycles. The number of Topliss-reactive ketones (excluding diaryl/α,β-unsaturated/α-hetero) is 1. The number of carbonyl (C=O) groups is 2. The Balaban J connectivity index is 2.23. The van der Waals surface area contributed by atoms with Crippen molar-refractivity contribution in [3.05, 3.63) is 57.9 Å². The van der Waals surface area contributed by atoms with Crippen LogP contribution in [0.4, 0.5) is 0 Å². The number of benzene rings is 1. The summed E-state index contributed by atoms with van der Waals surface area (Å²) in [6.45, 7) is 8.30. The fraction of sp³-hybridized carbons (Fsp3) is 0.348. The number of ether oxygens (including phenoxy) is 2. The number of hydrogen-bond donors (Lipinski definition) is 0. The standard InChI is InChI=1S/C23H26N2O4/c1-6-9-25-15(2)10-19(16(25)3)12-20(13-24)23(27)29-14-21-11-18(17(4)26)7-8-22(21)28-5/h7-8,10-12H,6,9,14H2,1-5H3/b20-12+. The van der Waals surface area contributed by atoms with E-state index in [4.69, 9.17) is 9.47 Å². The van der Waals surface area contributed by atoms with Crippen molar-refractivity contribution >= 4 is 17.8 Å². The zero-order valence-corrected chi connectivity index (χ0v) is 17.5. The number of rotatable bonds is 8. The molecule has 0 spiro atoms. The van der Waals surface area contributed by atoms with Crippen molar-refractivity contribution in [3.8, 4) is 11.8 Å². The molecule has 2 rings (SSSR count). The molecule has 2 aromatic rings. The lowest BCUT2D eigenvalue weighted by molar-refractivity contribution is -0.139. The summed E-state index contributed by atoms with van der Waals surface area (Å²) >= 11 is 0. The minimum atomic E-state index is -0.719. The molecular formula is C23H26N2O4. The van der Waals surface area contributed by atoms with E-state index in [0.29, 0.717) is 16.9 Å². The lowest BCUT2D eigenvalue weighted by atomic mass is 10.1. The summed E-state index contributed by atoms with van der Waals surface area (Å²) in [5.41, 5.74) is 3.88. The maximum atomic E-state index is 12.5. The van der Waals surface area contributed by atoms with Crippen LogP contribution in [0, 0.1) is 25.2 Å². The van der Waals surface area contributed by atoms with Gasteiger partial charge in [0.1, 0.15) is 24.0 Å². The molecule has 0 radical (unpaired) electrons. The number of aromatic nitrogens is 1. The van der Waals surface area contributed by atoms with E-state index in [9.17, 15) is 14.9 Å². The molecule has 0 saturated heterocycles. The Morgan fingerprint density at radius 2 is 1.97 bits per heavy atom. The van der Waals surface area contributed by atoms with E-state index in [2.05, 4.69) is 11.5 Å². The van der Waals surface area contributed by atoms with Crippen LogP contribution in [-0.4, -0.2) is 23.4 Å². The number of ketones is 1. The first kappa shape index (κ1) is 22.0. The van der Waals surface area contributed by atoms with E-state index in [1.807, 2.05) is 26.0 Å². The van der Waals surface area contributed by atoms with Crippen LogP contribution in [0.5, 0.6) is 5.75 Å². The van der Waals surface area contributed by atoms with Gasteiger partial charge in [-0.3, -0.25) is 4.79 Å². The Morgan fingerprint density at radius 3 is 2.55 bits per heavy atom. The summed E-state index contributed by atoms with van der Waals surface area (Å²) in [6, 6.07) is 8.81. The lowest BCUT2D eigenvalue weighted by Crippen LogP contribution is -2.08. The highest BCUT2D eigenvalue weighted by atomic mass is 16.5. The second kappa shape index (κ2) is 9.74. The average molecular weight is 394 g/mol. The molecule has 0 bridgehead atoms. The third kappa shape index (κ3) is 5.14. The summed E-state index contributed by atoms with van der Waals surface area (Å²) < 4.78 is 12.7. The molecule has 0 unspecified atom stereocenters. The number of aryl methyl sites for hydroxylation is 1. The van der Waals surface area contributed by atoms with Gasteiger partial charge in [0.15, 0.2) is 5.78 Å². The van der Waals surface area contributed by atoms with Crippen LogP contribution >= 0.6 is 0 Å². The maximum absolute atomic E-state index is 12.5. The molecule has 1 heterocycles. The molecule has 0 aliphatic carbocycles. The summed E-state index contributed by atoms with van der Waals surface area (Å²) in [6.07, 6.45) is 2.55. The molecule has 0 fully saturated rings. The molecule has 6 heteroatoms. The van der Waals surface area contributed by atoms with Gasteiger partial charge >= 0.3 is 5.97 Å². The lowest BCUT2D eigenvalue weighted by Gasteiger charge is -2.10. The van der Waals surface area contributed by atoms with Crippen molar-refractivity contribution in [1.82, 2.24) is 4.57 Å². The van der Waals surface area contributed by atoms with E-state index in [1.54, 1.807) is 24.3 Å². The molecule has 1 aromatic carbocycles. The number of nitrogens with zero attached hydrogens (tertiary/aromatic N) is 2. The van der Waals surface area contributed by atoms with Gasteiger partial charge in [-0.05, 0) is 63.1 Å². The van der Waals surface area contributed by atoms with Crippen molar-refractivity contribution in [2.75, 3.05) is 7.11 Å². The van der Waals surface area contributed by atoms with Crippen LogP contribution in [0.15, 0.2) is 29.8 Å². The van der Waals surface area contributed by atoms with Gasteiger partial charge in [-0.1, -0.05) is 6.92 Å². The van der Waals surface area contributed by atoms with Gasteiger partial charge in [-0.15, -0.1) is 0 Å². The Morgan fingerprint density at radius 1 is 1.24 bits per heavy atom. The Bertz CT molecular complexity index is 993. The summed E-state index contributed by atoms with van der Waals surface area (Å²) in [7, 11) is 1.50. The zero-order chi connectivity index (χ0) is 21.6. The average Bonchev–Trinajstić information content (AvgIpc) is 2.97. The smallest absolute Gasteiger partial charge is 0.349 e. The van der Waals surface area contributed by atoms with Crippen molar-refractivity contribution in [2.45, 2.75) is 47.3 Å². The fourth-order valence-corrected chi connectivity index (χ4v) is 3.17. The van der Waals surface area contributed by atoms with Gasteiger partial charge in [-0.25, -0.2) is 4.79 Å². The normalized spacial score (nSPS) is 11.1. The number of esters is 1. The van der Waals surface area contributed by atoms with E-state index in [-0.39, 0.29) is 18.0 Å². The minimum absolute atomic E-state index is 0.0802. The van der Waals surface area contributed by atoms with Crippen LogP contribution in [-0.2, 0) is 22.7 Å². The van der Waals surface area contributed by atoms with E-state index in [0.717, 1.165) is 29.9 Å². The largest absolute Gasteiger partial charge is 0.496 e. The third-order valence-electron chi connectivity index (χ3n) is 4.75. The van der Waals surface area contributed by atoms with E-state index < -0.39 is 5.97 Å². The first-order valence-electron chi connectivity index (χ1n) is 9.45. The van der Waals surface area contributed by atoms with Crippen molar-refractivity contribution in [1.29, 1.82) is 5.26 Å². The molecule has 0 aliphatic rings. The SMILES string of the molecule is CCCn1c(C)cc(/C=C(\C#N)C(=O)OCc2cc(C(C)=O)ccc2OC)c1C.